The number of carboxylic acids is 1. The lowest BCUT2D eigenvalue weighted by Crippen LogP contribution is -2.43. The molecule has 0 aromatic carbocycles. The van der Waals surface area contributed by atoms with Crippen LogP contribution in [0.1, 0.15) is 20.3 Å². The van der Waals surface area contributed by atoms with Crippen molar-refractivity contribution in [3.05, 3.63) is 11.9 Å². The van der Waals surface area contributed by atoms with E-state index in [1.165, 1.54) is 13.8 Å². The molecule has 5 nitrogen and oxygen atoms in total. The van der Waals surface area contributed by atoms with Crippen molar-refractivity contribution in [1.29, 1.82) is 5.41 Å². The molecule has 0 amide bonds. The lowest BCUT2D eigenvalue weighted by Gasteiger charge is -2.14. The highest BCUT2D eigenvalue weighted by atomic mass is 19.1. The van der Waals surface area contributed by atoms with E-state index in [9.17, 15) is 9.18 Å². The molecular weight excluding hydrogens is 201 g/mol. The third kappa shape index (κ3) is 5.79. The van der Waals surface area contributed by atoms with Crippen LogP contribution in [0.4, 0.5) is 4.39 Å². The first-order valence-electron chi connectivity index (χ1n) is 4.44. The molecule has 0 spiro atoms. The number of hydrogen-bond donors (Lipinski definition) is 4. The van der Waals surface area contributed by atoms with Crippen molar-refractivity contribution in [3.63, 3.8) is 0 Å². The topological polar surface area (TPSA) is 99.2 Å². The number of rotatable bonds is 5. The quantitative estimate of drug-likeness (QED) is 0.400. The van der Waals surface area contributed by atoms with Crippen LogP contribution in [0.15, 0.2) is 11.9 Å². The average Bonchev–Trinajstić information content (AvgIpc) is 2.01. The van der Waals surface area contributed by atoms with E-state index in [-0.39, 0.29) is 18.8 Å². The van der Waals surface area contributed by atoms with Gasteiger partial charge in [0.05, 0.1) is 5.84 Å². The van der Waals surface area contributed by atoms with Crippen molar-refractivity contribution >= 4 is 11.8 Å². The minimum absolute atomic E-state index is 0.0102. The fourth-order valence-electron chi connectivity index (χ4n) is 0.829. The predicted octanol–water partition coefficient (Wildman–Crippen LogP) is 0.619. The molecule has 1 atom stereocenters. The van der Waals surface area contributed by atoms with Crippen molar-refractivity contribution in [3.8, 4) is 0 Å². The summed E-state index contributed by atoms with van der Waals surface area (Å²) in [6, 6.07) is 0. The molecule has 0 bridgehead atoms. The standard InChI is InChI=1S/C9H16FN3O2/c1-6(11)13-4-3-7(10)5-9(2,12)8(14)15/h5H,3-4,12H2,1-2H3,(H2,11,13)(H,14,15)/b7-5-. The van der Waals surface area contributed by atoms with Gasteiger partial charge in [0, 0.05) is 13.0 Å². The molecule has 0 radical (unpaired) electrons. The number of carbonyl (C=O) groups is 1. The number of carboxylic acid groups (broad SMARTS) is 1. The molecule has 86 valence electrons. The van der Waals surface area contributed by atoms with Gasteiger partial charge in [0.2, 0.25) is 0 Å². The Morgan fingerprint density at radius 1 is 1.73 bits per heavy atom. The molecule has 6 heteroatoms. The van der Waals surface area contributed by atoms with E-state index in [0.717, 1.165) is 6.08 Å². The summed E-state index contributed by atoms with van der Waals surface area (Å²) in [6.45, 7) is 2.99. The molecule has 0 fully saturated rings. The number of amidine groups is 1. The number of halogens is 1. The molecule has 0 aliphatic heterocycles. The van der Waals surface area contributed by atoms with Gasteiger partial charge in [-0.25, -0.2) is 9.18 Å². The minimum Gasteiger partial charge on any atom is -0.480 e. The monoisotopic (exact) mass is 217 g/mol. The molecule has 5 N–H and O–H groups in total. The van der Waals surface area contributed by atoms with Gasteiger partial charge in [-0.15, -0.1) is 0 Å². The van der Waals surface area contributed by atoms with Gasteiger partial charge in [-0.1, -0.05) is 0 Å². The van der Waals surface area contributed by atoms with Gasteiger partial charge in [-0.3, -0.25) is 5.41 Å². The molecule has 0 aliphatic carbocycles. The smallest absolute Gasteiger partial charge is 0.327 e. The molecule has 0 saturated heterocycles. The highest BCUT2D eigenvalue weighted by Gasteiger charge is 2.25. The SMILES string of the molecule is CC(=N)NCC/C(F)=C/C(C)(N)C(=O)O. The maximum atomic E-state index is 13.1. The second-order valence-corrected chi connectivity index (χ2v) is 3.48. The summed E-state index contributed by atoms with van der Waals surface area (Å²) in [5, 5.41) is 18.2. The third-order valence-electron chi connectivity index (χ3n) is 1.67. The highest BCUT2D eigenvalue weighted by molar-refractivity contribution is 5.80. The summed E-state index contributed by atoms with van der Waals surface area (Å²) >= 11 is 0. The molecule has 0 heterocycles. The first-order chi connectivity index (χ1) is 6.75. The highest BCUT2D eigenvalue weighted by Crippen LogP contribution is 2.10. The van der Waals surface area contributed by atoms with Crippen LogP contribution in [0, 0.1) is 5.41 Å². The molecule has 0 aliphatic rings. The van der Waals surface area contributed by atoms with E-state index in [1.54, 1.807) is 0 Å². The zero-order valence-electron chi connectivity index (χ0n) is 8.80. The van der Waals surface area contributed by atoms with Crippen molar-refractivity contribution in [2.75, 3.05) is 6.54 Å². The summed E-state index contributed by atoms with van der Waals surface area (Å²) in [7, 11) is 0. The fourth-order valence-corrected chi connectivity index (χ4v) is 0.829. The first-order valence-corrected chi connectivity index (χ1v) is 4.44. The first kappa shape index (κ1) is 13.6. The van der Waals surface area contributed by atoms with Crippen LogP contribution < -0.4 is 11.1 Å². The van der Waals surface area contributed by atoms with Crippen molar-refractivity contribution in [2.45, 2.75) is 25.8 Å². The normalized spacial score (nSPS) is 15.6. The maximum absolute atomic E-state index is 13.1. The van der Waals surface area contributed by atoms with Gasteiger partial charge in [-0.2, -0.15) is 0 Å². The Morgan fingerprint density at radius 3 is 2.67 bits per heavy atom. The van der Waals surface area contributed by atoms with Crippen LogP contribution in [0.25, 0.3) is 0 Å². The van der Waals surface area contributed by atoms with Crippen LogP contribution in [0.2, 0.25) is 0 Å². The van der Waals surface area contributed by atoms with Gasteiger partial charge >= 0.3 is 5.97 Å². The van der Waals surface area contributed by atoms with E-state index >= 15 is 0 Å². The van der Waals surface area contributed by atoms with Crippen molar-refractivity contribution in [1.82, 2.24) is 5.32 Å². The van der Waals surface area contributed by atoms with Crippen LogP contribution in [0.5, 0.6) is 0 Å². The van der Waals surface area contributed by atoms with Crippen LogP contribution in [-0.4, -0.2) is 29.0 Å². The second-order valence-electron chi connectivity index (χ2n) is 3.48. The summed E-state index contributed by atoms with van der Waals surface area (Å²) in [5.41, 5.74) is 3.62. The van der Waals surface area contributed by atoms with E-state index < -0.39 is 17.3 Å². The number of hydrogen-bond acceptors (Lipinski definition) is 3. The Kier molecular flexibility index (Phi) is 4.93. The Bertz CT molecular complexity index is 287. The largest absolute Gasteiger partial charge is 0.480 e. The lowest BCUT2D eigenvalue weighted by atomic mass is 10.0. The summed E-state index contributed by atoms with van der Waals surface area (Å²) in [5.74, 6) is -1.65. The second kappa shape index (κ2) is 5.45. The molecular formula is C9H16FN3O2. The molecule has 15 heavy (non-hydrogen) atoms. The van der Waals surface area contributed by atoms with Gasteiger partial charge in [0.15, 0.2) is 0 Å². The summed E-state index contributed by atoms with van der Waals surface area (Å²) < 4.78 is 13.1. The zero-order chi connectivity index (χ0) is 12.1. The van der Waals surface area contributed by atoms with E-state index in [0.29, 0.717) is 0 Å². The molecule has 0 aromatic heterocycles. The Labute approximate surface area is 87.7 Å². The fraction of sp³-hybridized carbons (Fsp3) is 0.556. The van der Waals surface area contributed by atoms with Crippen LogP contribution in [-0.2, 0) is 4.79 Å². The van der Waals surface area contributed by atoms with E-state index in [4.69, 9.17) is 16.2 Å². The molecule has 1 unspecified atom stereocenters. The van der Waals surface area contributed by atoms with Gasteiger partial charge in [-0.05, 0) is 19.9 Å². The molecule has 0 rings (SSSR count). The Morgan fingerprint density at radius 2 is 2.27 bits per heavy atom. The number of nitrogens with one attached hydrogen (secondary N) is 2. The van der Waals surface area contributed by atoms with E-state index in [2.05, 4.69) is 5.32 Å². The summed E-state index contributed by atoms with van der Waals surface area (Å²) in [6.07, 6.45) is 0.882. The Balaban J connectivity index is 4.20. The minimum atomic E-state index is -1.69. The van der Waals surface area contributed by atoms with Crippen LogP contribution >= 0.6 is 0 Å². The number of aliphatic carboxylic acids is 1. The number of nitrogens with two attached hydrogens (primary N) is 1. The lowest BCUT2D eigenvalue weighted by molar-refractivity contribution is -0.140. The van der Waals surface area contributed by atoms with E-state index in [1.807, 2.05) is 0 Å². The third-order valence-corrected chi connectivity index (χ3v) is 1.67. The predicted molar refractivity (Wildman–Crippen MR) is 55.4 cm³/mol. The summed E-state index contributed by atoms with van der Waals surface area (Å²) in [4.78, 5) is 10.6. The van der Waals surface area contributed by atoms with Crippen LogP contribution in [0.3, 0.4) is 0 Å². The van der Waals surface area contributed by atoms with Crippen molar-refractivity contribution < 1.29 is 14.3 Å². The molecule has 0 aromatic rings. The van der Waals surface area contributed by atoms with Crippen molar-refractivity contribution in [2.24, 2.45) is 5.73 Å². The molecule has 0 saturated carbocycles. The zero-order valence-corrected chi connectivity index (χ0v) is 8.80. The Hall–Kier alpha value is -1.43. The van der Waals surface area contributed by atoms with Gasteiger partial charge in [0.1, 0.15) is 11.4 Å². The maximum Gasteiger partial charge on any atom is 0.327 e. The van der Waals surface area contributed by atoms with Gasteiger partial charge < -0.3 is 16.2 Å². The van der Waals surface area contributed by atoms with Gasteiger partial charge in [0.25, 0.3) is 0 Å². The average molecular weight is 217 g/mol.